The standard InChI is InChI=1S/C15H13BN2O2/c1-10-4-2-5-11(8-10)14-9-13(16(19)20)12-6-3-7-17-15(12)18-14/h2-9,19-20H,1H3. The van der Waals surface area contributed by atoms with Gasteiger partial charge in [0.2, 0.25) is 0 Å². The molecule has 0 saturated carbocycles. The molecule has 0 aliphatic rings. The van der Waals surface area contributed by atoms with Crippen LogP contribution in [0.4, 0.5) is 0 Å². The predicted octanol–water partition coefficient (Wildman–Crippen LogP) is 1.29. The lowest BCUT2D eigenvalue weighted by Gasteiger charge is -2.09. The van der Waals surface area contributed by atoms with E-state index in [1.807, 2.05) is 31.2 Å². The molecule has 20 heavy (non-hydrogen) atoms. The molecule has 0 unspecified atom stereocenters. The molecule has 0 fully saturated rings. The number of benzene rings is 1. The number of fused-ring (bicyclic) bond motifs is 1. The lowest BCUT2D eigenvalue weighted by atomic mass is 9.78. The second kappa shape index (κ2) is 5.04. The van der Waals surface area contributed by atoms with Gasteiger partial charge in [-0.2, -0.15) is 0 Å². The highest BCUT2D eigenvalue weighted by Gasteiger charge is 2.17. The van der Waals surface area contributed by atoms with Crippen molar-refractivity contribution in [3.63, 3.8) is 0 Å². The van der Waals surface area contributed by atoms with Crippen molar-refractivity contribution in [3.05, 3.63) is 54.2 Å². The fourth-order valence-corrected chi connectivity index (χ4v) is 2.25. The third kappa shape index (κ3) is 2.29. The van der Waals surface area contributed by atoms with Crippen LogP contribution in [-0.4, -0.2) is 27.1 Å². The summed E-state index contributed by atoms with van der Waals surface area (Å²) >= 11 is 0. The van der Waals surface area contributed by atoms with Gasteiger partial charge in [-0.3, -0.25) is 0 Å². The van der Waals surface area contributed by atoms with Crippen LogP contribution in [0.25, 0.3) is 22.3 Å². The molecular weight excluding hydrogens is 251 g/mol. The quantitative estimate of drug-likeness (QED) is 0.684. The lowest BCUT2D eigenvalue weighted by Crippen LogP contribution is -2.31. The summed E-state index contributed by atoms with van der Waals surface area (Å²) in [5.74, 6) is 0. The molecule has 5 heteroatoms. The summed E-state index contributed by atoms with van der Waals surface area (Å²) in [5, 5.41) is 19.7. The predicted molar refractivity (Wildman–Crippen MR) is 79.5 cm³/mol. The van der Waals surface area contributed by atoms with Crippen molar-refractivity contribution < 1.29 is 10.0 Å². The first kappa shape index (κ1) is 12.8. The van der Waals surface area contributed by atoms with Gasteiger partial charge in [-0.25, -0.2) is 9.97 Å². The van der Waals surface area contributed by atoms with Crippen molar-refractivity contribution in [2.75, 3.05) is 0 Å². The highest BCUT2D eigenvalue weighted by molar-refractivity contribution is 6.62. The van der Waals surface area contributed by atoms with Crippen LogP contribution in [-0.2, 0) is 0 Å². The first-order valence-electron chi connectivity index (χ1n) is 6.34. The molecule has 0 aliphatic heterocycles. The second-order valence-corrected chi connectivity index (χ2v) is 4.71. The monoisotopic (exact) mass is 264 g/mol. The minimum Gasteiger partial charge on any atom is -0.423 e. The summed E-state index contributed by atoms with van der Waals surface area (Å²) in [6.45, 7) is 2.00. The van der Waals surface area contributed by atoms with E-state index in [-0.39, 0.29) is 0 Å². The smallest absolute Gasteiger partial charge is 0.423 e. The summed E-state index contributed by atoms with van der Waals surface area (Å²) in [6.07, 6.45) is 1.64. The van der Waals surface area contributed by atoms with Crippen molar-refractivity contribution in [1.29, 1.82) is 0 Å². The van der Waals surface area contributed by atoms with Crippen LogP contribution in [0, 0.1) is 6.92 Å². The van der Waals surface area contributed by atoms with Gasteiger partial charge in [0, 0.05) is 17.1 Å². The Labute approximate surface area is 116 Å². The van der Waals surface area contributed by atoms with E-state index in [2.05, 4.69) is 9.97 Å². The lowest BCUT2D eigenvalue weighted by molar-refractivity contribution is 0.426. The maximum absolute atomic E-state index is 9.55. The summed E-state index contributed by atoms with van der Waals surface area (Å²) in [6, 6.07) is 13.1. The van der Waals surface area contributed by atoms with Gasteiger partial charge in [-0.05, 0) is 30.6 Å². The van der Waals surface area contributed by atoms with E-state index < -0.39 is 7.12 Å². The third-order valence-corrected chi connectivity index (χ3v) is 3.21. The third-order valence-electron chi connectivity index (χ3n) is 3.21. The van der Waals surface area contributed by atoms with Gasteiger partial charge in [0.15, 0.2) is 5.65 Å². The molecule has 98 valence electrons. The Morgan fingerprint density at radius 3 is 2.65 bits per heavy atom. The Bertz CT molecular complexity index is 775. The number of aryl methyl sites for hydroxylation is 1. The molecule has 0 atom stereocenters. The summed E-state index contributed by atoms with van der Waals surface area (Å²) in [5.41, 5.74) is 3.66. The van der Waals surface area contributed by atoms with E-state index in [0.29, 0.717) is 22.2 Å². The van der Waals surface area contributed by atoms with Crippen LogP contribution in [0.2, 0.25) is 0 Å². The Morgan fingerprint density at radius 1 is 1.05 bits per heavy atom. The van der Waals surface area contributed by atoms with Gasteiger partial charge in [0.25, 0.3) is 0 Å². The first-order chi connectivity index (χ1) is 9.65. The van der Waals surface area contributed by atoms with Gasteiger partial charge >= 0.3 is 7.12 Å². The molecule has 0 aliphatic carbocycles. The molecule has 0 radical (unpaired) electrons. The minimum atomic E-state index is -1.55. The van der Waals surface area contributed by atoms with Gasteiger partial charge in [-0.15, -0.1) is 0 Å². The molecule has 2 heterocycles. The van der Waals surface area contributed by atoms with Crippen molar-refractivity contribution in [2.45, 2.75) is 6.92 Å². The topological polar surface area (TPSA) is 66.2 Å². The van der Waals surface area contributed by atoms with Crippen molar-refractivity contribution in [1.82, 2.24) is 9.97 Å². The fraction of sp³-hybridized carbons (Fsp3) is 0.0667. The zero-order valence-corrected chi connectivity index (χ0v) is 11.0. The largest absolute Gasteiger partial charge is 0.489 e. The number of hydrogen-bond donors (Lipinski definition) is 2. The van der Waals surface area contributed by atoms with Crippen molar-refractivity contribution >= 4 is 23.6 Å². The Morgan fingerprint density at radius 2 is 1.90 bits per heavy atom. The van der Waals surface area contributed by atoms with Gasteiger partial charge in [0.1, 0.15) is 0 Å². The normalized spacial score (nSPS) is 10.8. The zero-order valence-electron chi connectivity index (χ0n) is 11.0. The molecule has 0 bridgehead atoms. The van der Waals surface area contributed by atoms with Crippen LogP contribution in [0.5, 0.6) is 0 Å². The number of hydrogen-bond acceptors (Lipinski definition) is 4. The highest BCUT2D eigenvalue weighted by atomic mass is 16.4. The number of nitrogens with zero attached hydrogens (tertiary/aromatic N) is 2. The first-order valence-corrected chi connectivity index (χ1v) is 6.34. The van der Waals surface area contributed by atoms with Crippen LogP contribution >= 0.6 is 0 Å². The van der Waals surface area contributed by atoms with E-state index in [1.165, 1.54) is 0 Å². The van der Waals surface area contributed by atoms with Crippen LogP contribution < -0.4 is 5.46 Å². The second-order valence-electron chi connectivity index (χ2n) is 4.71. The number of aromatic nitrogens is 2. The van der Waals surface area contributed by atoms with Crippen LogP contribution in [0.15, 0.2) is 48.7 Å². The average molecular weight is 264 g/mol. The molecule has 0 amide bonds. The van der Waals surface area contributed by atoms with E-state index in [0.717, 1.165) is 11.1 Å². The molecule has 2 N–H and O–H groups in total. The number of rotatable bonds is 2. The van der Waals surface area contributed by atoms with Gasteiger partial charge < -0.3 is 10.0 Å². The van der Waals surface area contributed by atoms with Crippen LogP contribution in [0.3, 0.4) is 0 Å². The Balaban J connectivity index is 2.27. The Kier molecular flexibility index (Phi) is 3.22. The number of pyridine rings is 2. The van der Waals surface area contributed by atoms with Gasteiger partial charge in [0.05, 0.1) is 5.69 Å². The summed E-state index contributed by atoms with van der Waals surface area (Å²) in [7, 11) is -1.55. The minimum absolute atomic E-state index is 0.416. The summed E-state index contributed by atoms with van der Waals surface area (Å²) < 4.78 is 0. The molecule has 3 aromatic rings. The Hall–Kier alpha value is -2.24. The highest BCUT2D eigenvalue weighted by Crippen LogP contribution is 2.20. The SMILES string of the molecule is Cc1cccc(-c2cc(B(O)O)c3cccnc3n2)c1. The molecule has 4 nitrogen and oxygen atoms in total. The molecule has 2 aromatic heterocycles. The van der Waals surface area contributed by atoms with E-state index in [4.69, 9.17) is 0 Å². The fourth-order valence-electron chi connectivity index (χ4n) is 2.25. The van der Waals surface area contributed by atoms with Crippen molar-refractivity contribution in [2.24, 2.45) is 0 Å². The molecule has 0 spiro atoms. The molecule has 3 rings (SSSR count). The molecular formula is C15H13BN2O2. The zero-order chi connectivity index (χ0) is 14.1. The van der Waals surface area contributed by atoms with Gasteiger partial charge in [-0.1, -0.05) is 29.8 Å². The van der Waals surface area contributed by atoms with Crippen molar-refractivity contribution in [3.8, 4) is 11.3 Å². The average Bonchev–Trinajstić information content (AvgIpc) is 2.46. The summed E-state index contributed by atoms with van der Waals surface area (Å²) in [4.78, 5) is 8.70. The molecule has 0 saturated heterocycles. The van der Waals surface area contributed by atoms with Crippen LogP contribution in [0.1, 0.15) is 5.56 Å². The van der Waals surface area contributed by atoms with E-state index in [9.17, 15) is 10.0 Å². The maximum Gasteiger partial charge on any atom is 0.489 e. The maximum atomic E-state index is 9.55. The van der Waals surface area contributed by atoms with E-state index in [1.54, 1.807) is 24.4 Å². The van der Waals surface area contributed by atoms with E-state index >= 15 is 0 Å². The molecule has 1 aromatic carbocycles.